The molecule has 3 heterocycles. The number of hydrogen-bond acceptors (Lipinski definition) is 7. The molecule has 166 valence electrons. The van der Waals surface area contributed by atoms with E-state index in [0.717, 1.165) is 42.4 Å². The number of nitrogens with zero attached hydrogens (tertiary/aromatic N) is 5. The number of guanidine groups is 1. The van der Waals surface area contributed by atoms with Crippen LogP contribution in [0.1, 0.15) is 36.1 Å². The zero-order valence-electron chi connectivity index (χ0n) is 17.8. The minimum absolute atomic E-state index is 0.140. The molecule has 1 N–H and O–H groups in total. The lowest BCUT2D eigenvalue weighted by Gasteiger charge is -2.35. The number of aromatic nitrogens is 2. The van der Waals surface area contributed by atoms with Crippen LogP contribution in [0.15, 0.2) is 26.4 Å². The maximum atomic E-state index is 12.6. The van der Waals surface area contributed by atoms with Crippen molar-refractivity contribution in [1.82, 2.24) is 24.8 Å². The van der Waals surface area contributed by atoms with Crippen LogP contribution in [0.2, 0.25) is 0 Å². The third kappa shape index (κ3) is 5.60. The zero-order valence-corrected chi connectivity index (χ0v) is 18.6. The van der Waals surface area contributed by atoms with E-state index >= 15 is 0 Å². The molecule has 3 rings (SSSR count). The molecule has 30 heavy (non-hydrogen) atoms. The lowest BCUT2D eigenvalue weighted by atomic mass is 10.1. The second-order valence-corrected chi connectivity index (χ2v) is 9.24. The molecular formula is C19H30N6O4S. The van der Waals surface area contributed by atoms with Crippen LogP contribution < -0.4 is 5.32 Å². The van der Waals surface area contributed by atoms with Crippen molar-refractivity contribution < 1.29 is 17.5 Å². The normalized spacial score (nSPS) is 16.2. The van der Waals surface area contributed by atoms with Crippen LogP contribution in [0.3, 0.4) is 0 Å². The van der Waals surface area contributed by atoms with Crippen molar-refractivity contribution in [2.45, 2.75) is 39.4 Å². The maximum Gasteiger partial charge on any atom is 0.220 e. The fourth-order valence-electron chi connectivity index (χ4n) is 3.49. The van der Waals surface area contributed by atoms with Gasteiger partial charge in [-0.05, 0) is 33.6 Å². The van der Waals surface area contributed by atoms with Gasteiger partial charge in [0, 0.05) is 50.9 Å². The summed E-state index contributed by atoms with van der Waals surface area (Å²) < 4.78 is 36.7. The average molecular weight is 439 g/mol. The molecule has 0 bridgehead atoms. The average Bonchev–Trinajstić information content (AvgIpc) is 3.34. The van der Waals surface area contributed by atoms with Crippen LogP contribution >= 0.6 is 0 Å². The Morgan fingerprint density at radius 3 is 2.60 bits per heavy atom. The molecular weight excluding hydrogens is 408 g/mol. The van der Waals surface area contributed by atoms with Crippen LogP contribution in [0.5, 0.6) is 0 Å². The van der Waals surface area contributed by atoms with Gasteiger partial charge in [-0.2, -0.15) is 4.31 Å². The molecule has 0 radical (unpaired) electrons. The Morgan fingerprint density at radius 1 is 1.23 bits per heavy atom. The number of nitrogens with one attached hydrogen (secondary N) is 1. The van der Waals surface area contributed by atoms with Gasteiger partial charge in [-0.3, -0.25) is 4.99 Å². The first-order valence-electron chi connectivity index (χ1n) is 10.2. The van der Waals surface area contributed by atoms with Gasteiger partial charge in [0.1, 0.15) is 17.8 Å². The van der Waals surface area contributed by atoms with Crippen molar-refractivity contribution in [1.29, 1.82) is 0 Å². The summed E-state index contributed by atoms with van der Waals surface area (Å²) in [6.45, 7) is 9.37. The van der Waals surface area contributed by atoms with Crippen LogP contribution in [0.4, 0.5) is 0 Å². The number of sulfonamides is 1. The predicted octanol–water partition coefficient (Wildman–Crippen LogP) is 1.33. The highest BCUT2D eigenvalue weighted by Crippen LogP contribution is 2.15. The summed E-state index contributed by atoms with van der Waals surface area (Å²) in [5.41, 5.74) is 2.51. The second-order valence-electron chi connectivity index (χ2n) is 7.28. The van der Waals surface area contributed by atoms with Crippen molar-refractivity contribution in [3.05, 3.63) is 35.0 Å². The summed E-state index contributed by atoms with van der Waals surface area (Å²) in [6.07, 6.45) is 3.15. The fourth-order valence-corrected chi connectivity index (χ4v) is 4.92. The molecule has 11 heteroatoms. The van der Waals surface area contributed by atoms with Gasteiger partial charge in [0.15, 0.2) is 5.96 Å². The van der Waals surface area contributed by atoms with Crippen LogP contribution in [0, 0.1) is 13.8 Å². The van der Waals surface area contributed by atoms with Gasteiger partial charge >= 0.3 is 0 Å². The molecule has 1 aliphatic heterocycles. The predicted molar refractivity (Wildman–Crippen MR) is 113 cm³/mol. The van der Waals surface area contributed by atoms with Crippen molar-refractivity contribution in [2.24, 2.45) is 4.99 Å². The molecule has 1 fully saturated rings. The lowest BCUT2D eigenvalue weighted by molar-refractivity contribution is 0.260. The molecule has 2 aromatic rings. The topological polar surface area (TPSA) is 117 Å². The molecule has 0 saturated carbocycles. The van der Waals surface area contributed by atoms with E-state index in [1.54, 1.807) is 6.07 Å². The Morgan fingerprint density at radius 2 is 2.00 bits per heavy atom. The van der Waals surface area contributed by atoms with E-state index in [1.807, 2.05) is 20.8 Å². The first-order chi connectivity index (χ1) is 14.4. The van der Waals surface area contributed by atoms with Crippen molar-refractivity contribution in [3.8, 4) is 0 Å². The van der Waals surface area contributed by atoms with Gasteiger partial charge in [-0.1, -0.05) is 10.3 Å². The quantitative estimate of drug-likeness (QED) is 0.373. The van der Waals surface area contributed by atoms with Gasteiger partial charge in [0.05, 0.1) is 11.4 Å². The van der Waals surface area contributed by atoms with E-state index < -0.39 is 10.0 Å². The monoisotopic (exact) mass is 438 g/mol. The molecule has 0 aliphatic carbocycles. The largest absolute Gasteiger partial charge is 0.364 e. The molecule has 0 unspecified atom stereocenters. The van der Waals surface area contributed by atoms with Gasteiger partial charge in [0.25, 0.3) is 0 Å². The molecule has 1 saturated heterocycles. The molecule has 0 aromatic carbocycles. The molecule has 1 aliphatic rings. The van der Waals surface area contributed by atoms with Crippen LogP contribution in [-0.2, 0) is 22.2 Å². The Bertz CT molecular complexity index is 911. The summed E-state index contributed by atoms with van der Waals surface area (Å²) in [5.74, 6) is 1.55. The number of hydrogen-bond donors (Lipinski definition) is 1. The minimum Gasteiger partial charge on any atom is -0.364 e. The van der Waals surface area contributed by atoms with Crippen LogP contribution in [0.25, 0.3) is 0 Å². The van der Waals surface area contributed by atoms with E-state index in [1.165, 1.54) is 10.6 Å². The molecule has 10 nitrogen and oxygen atoms in total. The Balaban J connectivity index is 1.52. The molecule has 0 amide bonds. The SMILES string of the molecule is CCNC(=NCCCc1c(C)noc1C)N1CCN(S(=O)(=O)Cc2ccon2)CC1. The highest BCUT2D eigenvalue weighted by Gasteiger charge is 2.29. The lowest BCUT2D eigenvalue weighted by Crippen LogP contribution is -2.53. The Hall–Kier alpha value is -2.40. The highest BCUT2D eigenvalue weighted by molar-refractivity contribution is 7.88. The third-order valence-electron chi connectivity index (χ3n) is 5.12. The zero-order chi connectivity index (χ0) is 21.6. The number of piperazine rings is 1. The number of aliphatic imine (C=N–C) groups is 1. The third-order valence-corrected chi connectivity index (χ3v) is 6.93. The summed E-state index contributed by atoms with van der Waals surface area (Å²) in [5, 5.41) is 11.0. The summed E-state index contributed by atoms with van der Waals surface area (Å²) in [4.78, 5) is 6.85. The Labute approximate surface area is 177 Å². The highest BCUT2D eigenvalue weighted by atomic mass is 32.2. The van der Waals surface area contributed by atoms with E-state index in [4.69, 9.17) is 14.0 Å². The van der Waals surface area contributed by atoms with Crippen LogP contribution in [-0.4, -0.2) is 73.2 Å². The number of aryl methyl sites for hydroxylation is 2. The van der Waals surface area contributed by atoms with Gasteiger partial charge < -0.3 is 19.3 Å². The van der Waals surface area contributed by atoms with Crippen molar-refractivity contribution in [3.63, 3.8) is 0 Å². The summed E-state index contributed by atoms with van der Waals surface area (Å²) in [6, 6.07) is 1.58. The fraction of sp³-hybridized carbons (Fsp3) is 0.632. The first-order valence-corrected chi connectivity index (χ1v) is 11.8. The van der Waals surface area contributed by atoms with Crippen molar-refractivity contribution in [2.75, 3.05) is 39.3 Å². The van der Waals surface area contributed by atoms with E-state index in [2.05, 4.69) is 20.5 Å². The van der Waals surface area contributed by atoms with E-state index in [9.17, 15) is 8.42 Å². The van der Waals surface area contributed by atoms with Gasteiger partial charge in [0.2, 0.25) is 10.0 Å². The summed E-state index contributed by atoms with van der Waals surface area (Å²) in [7, 11) is -3.41. The number of rotatable bonds is 8. The van der Waals surface area contributed by atoms with E-state index in [-0.39, 0.29) is 5.75 Å². The summed E-state index contributed by atoms with van der Waals surface area (Å²) >= 11 is 0. The standard InChI is InChI=1S/C19H30N6O4S/c1-4-20-19(21-8-5-6-18-15(2)22-29-16(18)3)24-9-11-25(12-10-24)30(26,27)14-17-7-13-28-23-17/h7,13H,4-6,8-12,14H2,1-3H3,(H,20,21). The Kier molecular flexibility index (Phi) is 7.48. The van der Waals surface area contributed by atoms with Gasteiger partial charge in [-0.25, -0.2) is 8.42 Å². The molecule has 2 aromatic heterocycles. The smallest absolute Gasteiger partial charge is 0.220 e. The second kappa shape index (κ2) is 10.1. The van der Waals surface area contributed by atoms with Crippen molar-refractivity contribution >= 4 is 16.0 Å². The first kappa shape index (κ1) is 22.3. The van der Waals surface area contributed by atoms with E-state index in [0.29, 0.717) is 38.4 Å². The minimum atomic E-state index is -3.41. The molecule has 0 atom stereocenters. The van der Waals surface area contributed by atoms with Gasteiger partial charge in [-0.15, -0.1) is 0 Å². The maximum absolute atomic E-state index is 12.6. The molecule has 0 spiro atoms.